The van der Waals surface area contributed by atoms with Crippen LogP contribution in [0.15, 0.2) is 17.3 Å². The maximum Gasteiger partial charge on any atom is 0.322 e. The van der Waals surface area contributed by atoms with E-state index in [0.717, 1.165) is 17.1 Å². The fourth-order valence-electron chi connectivity index (χ4n) is 1.71. The van der Waals surface area contributed by atoms with Gasteiger partial charge in [-0.2, -0.15) is 5.10 Å². The molecule has 1 aromatic heterocycles. The van der Waals surface area contributed by atoms with Gasteiger partial charge in [0.2, 0.25) is 0 Å². The lowest BCUT2D eigenvalue weighted by Gasteiger charge is -2.15. The first-order valence-electron chi connectivity index (χ1n) is 6.14. The van der Waals surface area contributed by atoms with Crippen molar-refractivity contribution in [3.05, 3.63) is 12.4 Å². The molecule has 1 aliphatic carbocycles. The molecule has 0 radical (unpaired) electrons. The van der Waals surface area contributed by atoms with E-state index in [1.165, 1.54) is 20.0 Å². The highest BCUT2D eigenvalue weighted by Gasteiger charge is 2.28. The van der Waals surface area contributed by atoms with Gasteiger partial charge in [0, 0.05) is 29.9 Å². The zero-order valence-corrected chi connectivity index (χ0v) is 11.6. The molecular formula is C12H19N3O2S. The van der Waals surface area contributed by atoms with Crippen LogP contribution in [0, 0.1) is 0 Å². The number of esters is 1. The van der Waals surface area contributed by atoms with Crippen molar-refractivity contribution in [2.24, 2.45) is 7.05 Å². The Balaban J connectivity index is 1.75. The number of ether oxygens (including phenoxy) is 1. The SMILES string of the molecule is COC(=O)C(CCSc1cnn(C)c1)NC1CC1. The first-order valence-corrected chi connectivity index (χ1v) is 7.13. The zero-order valence-electron chi connectivity index (χ0n) is 10.8. The number of methoxy groups -OCH3 is 1. The van der Waals surface area contributed by atoms with Crippen LogP contribution in [-0.4, -0.2) is 40.7 Å². The number of aryl methyl sites for hydroxylation is 1. The van der Waals surface area contributed by atoms with Crippen molar-refractivity contribution in [2.75, 3.05) is 12.9 Å². The highest BCUT2D eigenvalue weighted by molar-refractivity contribution is 7.99. The van der Waals surface area contributed by atoms with E-state index in [1.54, 1.807) is 16.4 Å². The van der Waals surface area contributed by atoms with Gasteiger partial charge >= 0.3 is 5.97 Å². The minimum Gasteiger partial charge on any atom is -0.468 e. The predicted molar refractivity (Wildman–Crippen MR) is 70.5 cm³/mol. The zero-order chi connectivity index (χ0) is 13.0. The van der Waals surface area contributed by atoms with Gasteiger partial charge in [-0.1, -0.05) is 0 Å². The lowest BCUT2D eigenvalue weighted by molar-refractivity contribution is -0.143. The van der Waals surface area contributed by atoms with Crippen LogP contribution in [0.25, 0.3) is 0 Å². The molecule has 5 nitrogen and oxygen atoms in total. The normalized spacial score (nSPS) is 16.6. The van der Waals surface area contributed by atoms with Gasteiger partial charge in [0.25, 0.3) is 0 Å². The molecule has 0 amide bonds. The van der Waals surface area contributed by atoms with Gasteiger partial charge in [0.05, 0.1) is 13.3 Å². The Morgan fingerprint density at radius 1 is 1.72 bits per heavy atom. The molecule has 0 bridgehead atoms. The van der Waals surface area contributed by atoms with E-state index in [-0.39, 0.29) is 12.0 Å². The molecule has 18 heavy (non-hydrogen) atoms. The Bertz CT molecular complexity index is 404. The molecule has 100 valence electrons. The van der Waals surface area contributed by atoms with Crippen LogP contribution in [0.4, 0.5) is 0 Å². The minimum absolute atomic E-state index is 0.159. The fraction of sp³-hybridized carbons (Fsp3) is 0.667. The average Bonchev–Trinajstić information content (AvgIpc) is 3.09. The van der Waals surface area contributed by atoms with E-state index in [1.807, 2.05) is 19.4 Å². The third-order valence-corrected chi connectivity index (χ3v) is 3.84. The smallest absolute Gasteiger partial charge is 0.322 e. The van der Waals surface area contributed by atoms with Crippen LogP contribution in [0.2, 0.25) is 0 Å². The van der Waals surface area contributed by atoms with Crippen molar-refractivity contribution < 1.29 is 9.53 Å². The number of thioether (sulfide) groups is 1. The number of hydrogen-bond donors (Lipinski definition) is 1. The summed E-state index contributed by atoms with van der Waals surface area (Å²) in [6.07, 6.45) is 6.94. The molecule has 1 aromatic rings. The summed E-state index contributed by atoms with van der Waals surface area (Å²) >= 11 is 1.71. The maximum atomic E-state index is 11.6. The summed E-state index contributed by atoms with van der Waals surface area (Å²) in [7, 11) is 3.34. The van der Waals surface area contributed by atoms with Gasteiger partial charge in [-0.25, -0.2) is 0 Å². The summed E-state index contributed by atoms with van der Waals surface area (Å²) in [6.45, 7) is 0. The van der Waals surface area contributed by atoms with Gasteiger partial charge < -0.3 is 10.1 Å². The molecule has 2 rings (SSSR count). The van der Waals surface area contributed by atoms with Crippen LogP contribution < -0.4 is 5.32 Å². The molecule has 1 aliphatic rings. The summed E-state index contributed by atoms with van der Waals surface area (Å²) in [5.41, 5.74) is 0. The summed E-state index contributed by atoms with van der Waals surface area (Å²) in [4.78, 5) is 12.7. The number of carbonyl (C=O) groups excluding carboxylic acids is 1. The summed E-state index contributed by atoms with van der Waals surface area (Å²) < 4.78 is 6.60. The van der Waals surface area contributed by atoms with E-state index in [0.29, 0.717) is 6.04 Å². The molecule has 1 fully saturated rings. The third kappa shape index (κ3) is 4.03. The first kappa shape index (κ1) is 13.4. The van der Waals surface area contributed by atoms with Gasteiger partial charge in [0.15, 0.2) is 0 Å². The van der Waals surface area contributed by atoms with Gasteiger partial charge in [-0.3, -0.25) is 9.48 Å². The van der Waals surface area contributed by atoms with Crippen LogP contribution in [0.1, 0.15) is 19.3 Å². The molecule has 1 heterocycles. The lowest BCUT2D eigenvalue weighted by atomic mass is 10.2. The highest BCUT2D eigenvalue weighted by atomic mass is 32.2. The van der Waals surface area contributed by atoms with Crippen molar-refractivity contribution >= 4 is 17.7 Å². The van der Waals surface area contributed by atoms with E-state index in [4.69, 9.17) is 4.74 Å². The Morgan fingerprint density at radius 2 is 2.50 bits per heavy atom. The largest absolute Gasteiger partial charge is 0.468 e. The number of hydrogen-bond acceptors (Lipinski definition) is 5. The third-order valence-electron chi connectivity index (χ3n) is 2.86. The molecule has 1 saturated carbocycles. The summed E-state index contributed by atoms with van der Waals surface area (Å²) in [5, 5.41) is 7.44. The number of nitrogens with zero attached hydrogens (tertiary/aromatic N) is 2. The molecular weight excluding hydrogens is 250 g/mol. The van der Waals surface area contributed by atoms with Crippen LogP contribution in [0.5, 0.6) is 0 Å². The Labute approximate surface area is 111 Å². The van der Waals surface area contributed by atoms with Gasteiger partial charge in [-0.05, 0) is 19.3 Å². The molecule has 6 heteroatoms. The monoisotopic (exact) mass is 269 g/mol. The Kier molecular flexibility index (Phi) is 4.66. The van der Waals surface area contributed by atoms with Crippen molar-refractivity contribution in [3.8, 4) is 0 Å². The van der Waals surface area contributed by atoms with Crippen molar-refractivity contribution in [1.29, 1.82) is 0 Å². The predicted octanol–water partition coefficient (Wildman–Crippen LogP) is 1.20. The molecule has 1 atom stereocenters. The maximum absolute atomic E-state index is 11.6. The van der Waals surface area contributed by atoms with Crippen LogP contribution >= 0.6 is 11.8 Å². The van der Waals surface area contributed by atoms with E-state index in [2.05, 4.69) is 10.4 Å². The van der Waals surface area contributed by atoms with Gasteiger partial charge in [0.1, 0.15) is 6.04 Å². The van der Waals surface area contributed by atoms with E-state index >= 15 is 0 Å². The first-order chi connectivity index (χ1) is 8.69. The fourth-order valence-corrected chi connectivity index (χ4v) is 2.65. The standard InChI is InChI=1S/C12H19N3O2S/c1-15-8-10(7-13-15)18-6-5-11(12(16)17-2)14-9-3-4-9/h7-9,11,14H,3-6H2,1-2H3. The quantitative estimate of drug-likeness (QED) is 0.595. The summed E-state index contributed by atoms with van der Waals surface area (Å²) in [6, 6.07) is 0.337. The topological polar surface area (TPSA) is 56.1 Å². The van der Waals surface area contributed by atoms with Gasteiger partial charge in [-0.15, -0.1) is 11.8 Å². The second-order valence-corrected chi connectivity index (χ2v) is 5.67. The molecule has 1 unspecified atom stereocenters. The highest BCUT2D eigenvalue weighted by Crippen LogP contribution is 2.22. The lowest BCUT2D eigenvalue weighted by Crippen LogP contribution is -2.39. The van der Waals surface area contributed by atoms with Crippen molar-refractivity contribution in [3.63, 3.8) is 0 Å². The molecule has 0 spiro atoms. The minimum atomic E-state index is -0.174. The molecule has 0 aromatic carbocycles. The van der Waals surface area contributed by atoms with Crippen molar-refractivity contribution in [1.82, 2.24) is 15.1 Å². The van der Waals surface area contributed by atoms with Crippen LogP contribution in [0.3, 0.4) is 0 Å². The Hall–Kier alpha value is -1.01. The van der Waals surface area contributed by atoms with E-state index in [9.17, 15) is 4.79 Å². The molecule has 1 N–H and O–H groups in total. The van der Waals surface area contributed by atoms with Crippen molar-refractivity contribution in [2.45, 2.75) is 36.2 Å². The number of carbonyl (C=O) groups is 1. The number of aromatic nitrogens is 2. The average molecular weight is 269 g/mol. The second-order valence-electron chi connectivity index (χ2n) is 4.50. The molecule has 0 saturated heterocycles. The van der Waals surface area contributed by atoms with Crippen LogP contribution in [-0.2, 0) is 16.6 Å². The number of nitrogens with one attached hydrogen (secondary N) is 1. The second kappa shape index (κ2) is 6.24. The molecule has 0 aliphatic heterocycles. The Morgan fingerprint density at radius 3 is 3.06 bits per heavy atom. The summed E-state index contributed by atoms with van der Waals surface area (Å²) in [5.74, 6) is 0.722. The van der Waals surface area contributed by atoms with E-state index < -0.39 is 0 Å². The number of rotatable bonds is 7.